The molecule has 4 aromatic rings. The lowest BCUT2D eigenvalue weighted by molar-refractivity contribution is 0.0747. The van der Waals surface area contributed by atoms with Crippen molar-refractivity contribution in [1.29, 1.82) is 0 Å². The fourth-order valence-electron chi connectivity index (χ4n) is 4.78. The molecule has 42 heavy (non-hydrogen) atoms. The number of carbonyl (C=O) groups excluding carboxylic acids is 2. The predicted molar refractivity (Wildman–Crippen MR) is 171 cm³/mol. The minimum atomic E-state index is -0.359. The topological polar surface area (TPSA) is 82.5 Å². The van der Waals surface area contributed by atoms with E-state index >= 15 is 0 Å². The van der Waals surface area contributed by atoms with Crippen LogP contribution in [0.25, 0.3) is 5.69 Å². The molecule has 1 aliphatic heterocycles. The molecule has 10 heteroatoms. The highest BCUT2D eigenvalue weighted by atomic mass is 35.5. The van der Waals surface area contributed by atoms with E-state index in [0.29, 0.717) is 53.3 Å². The number of anilines is 3. The number of carbonyl (C=O) groups is 2. The van der Waals surface area contributed by atoms with Crippen LogP contribution in [-0.2, 0) is 5.41 Å². The van der Waals surface area contributed by atoms with Gasteiger partial charge in [0.25, 0.3) is 5.91 Å². The number of hydrogen-bond acceptors (Lipinski definition) is 4. The van der Waals surface area contributed by atoms with E-state index in [1.54, 1.807) is 27.8 Å². The van der Waals surface area contributed by atoms with E-state index in [1.165, 1.54) is 0 Å². The zero-order chi connectivity index (χ0) is 30.0. The van der Waals surface area contributed by atoms with Gasteiger partial charge >= 0.3 is 6.03 Å². The van der Waals surface area contributed by atoms with Gasteiger partial charge in [0.05, 0.1) is 27.0 Å². The van der Waals surface area contributed by atoms with Crippen molar-refractivity contribution in [3.05, 3.63) is 99.7 Å². The van der Waals surface area contributed by atoms with Gasteiger partial charge < -0.3 is 15.1 Å². The van der Waals surface area contributed by atoms with Crippen molar-refractivity contribution in [3.63, 3.8) is 0 Å². The van der Waals surface area contributed by atoms with Crippen LogP contribution in [0.5, 0.6) is 0 Å². The second-order valence-corrected chi connectivity index (χ2v) is 12.2. The summed E-state index contributed by atoms with van der Waals surface area (Å²) in [6, 6.07) is 22.3. The molecule has 0 spiro atoms. The highest BCUT2D eigenvalue weighted by molar-refractivity contribution is 6.39. The van der Waals surface area contributed by atoms with Crippen LogP contribution in [0, 0.1) is 6.92 Å². The Kier molecular flexibility index (Phi) is 8.48. The number of aromatic nitrogens is 2. The summed E-state index contributed by atoms with van der Waals surface area (Å²) in [5.41, 5.74) is 4.73. The van der Waals surface area contributed by atoms with Gasteiger partial charge in [-0.2, -0.15) is 5.10 Å². The Balaban J connectivity index is 1.21. The van der Waals surface area contributed by atoms with Gasteiger partial charge in [-0.3, -0.25) is 10.1 Å². The summed E-state index contributed by atoms with van der Waals surface area (Å²) in [6.07, 6.45) is 0. The third kappa shape index (κ3) is 6.55. The van der Waals surface area contributed by atoms with Crippen LogP contribution < -0.4 is 15.5 Å². The summed E-state index contributed by atoms with van der Waals surface area (Å²) in [4.78, 5) is 30.0. The van der Waals surface area contributed by atoms with Crippen LogP contribution in [0.15, 0.2) is 72.8 Å². The van der Waals surface area contributed by atoms with E-state index in [0.717, 1.165) is 22.6 Å². The monoisotopic (exact) mass is 604 g/mol. The largest absolute Gasteiger partial charge is 0.368 e. The normalized spacial score (nSPS) is 13.7. The second-order valence-electron chi connectivity index (χ2n) is 11.4. The molecule has 5 rings (SSSR count). The van der Waals surface area contributed by atoms with E-state index in [1.807, 2.05) is 61.5 Å². The minimum absolute atomic E-state index is 0.158. The van der Waals surface area contributed by atoms with E-state index in [2.05, 4.69) is 36.3 Å². The highest BCUT2D eigenvalue weighted by Crippen LogP contribution is 2.28. The molecule has 2 N–H and O–H groups in total. The molecular formula is C32H34Cl2N6O2. The summed E-state index contributed by atoms with van der Waals surface area (Å²) >= 11 is 12.5. The molecule has 1 aliphatic rings. The van der Waals surface area contributed by atoms with E-state index in [-0.39, 0.29) is 17.4 Å². The maximum atomic E-state index is 13.0. The van der Waals surface area contributed by atoms with Gasteiger partial charge in [-0.15, -0.1) is 0 Å². The van der Waals surface area contributed by atoms with Gasteiger partial charge in [0.1, 0.15) is 5.82 Å². The molecule has 8 nitrogen and oxygen atoms in total. The summed E-state index contributed by atoms with van der Waals surface area (Å²) in [6.45, 7) is 10.7. The average Bonchev–Trinajstić information content (AvgIpc) is 3.38. The summed E-state index contributed by atoms with van der Waals surface area (Å²) in [7, 11) is 0. The molecular weight excluding hydrogens is 571 g/mol. The fourth-order valence-corrected chi connectivity index (χ4v) is 5.34. The Labute approximate surface area is 256 Å². The number of nitrogens with one attached hydrogen (secondary N) is 2. The van der Waals surface area contributed by atoms with Crippen LogP contribution in [-0.4, -0.2) is 52.8 Å². The number of halogens is 2. The first-order chi connectivity index (χ1) is 20.0. The molecule has 3 amide bonds. The van der Waals surface area contributed by atoms with Crippen molar-refractivity contribution < 1.29 is 9.59 Å². The third-order valence-electron chi connectivity index (χ3n) is 7.23. The Hall–Kier alpha value is -4.01. The number of urea groups is 1. The molecule has 0 aliphatic carbocycles. The smallest absolute Gasteiger partial charge is 0.324 e. The van der Waals surface area contributed by atoms with Gasteiger partial charge in [0.15, 0.2) is 0 Å². The maximum Gasteiger partial charge on any atom is 0.324 e. The number of rotatable bonds is 5. The van der Waals surface area contributed by atoms with Crippen molar-refractivity contribution >= 4 is 52.3 Å². The Morgan fingerprint density at radius 1 is 0.810 bits per heavy atom. The van der Waals surface area contributed by atoms with Gasteiger partial charge in [0.2, 0.25) is 0 Å². The van der Waals surface area contributed by atoms with E-state index < -0.39 is 0 Å². The first-order valence-corrected chi connectivity index (χ1v) is 14.6. The van der Waals surface area contributed by atoms with Crippen LogP contribution >= 0.6 is 23.2 Å². The Morgan fingerprint density at radius 2 is 1.40 bits per heavy atom. The van der Waals surface area contributed by atoms with E-state index in [4.69, 9.17) is 28.3 Å². The average molecular weight is 606 g/mol. The van der Waals surface area contributed by atoms with Gasteiger partial charge in [-0.1, -0.05) is 67.7 Å². The molecule has 0 radical (unpaired) electrons. The predicted octanol–water partition coefficient (Wildman–Crippen LogP) is 7.39. The zero-order valence-electron chi connectivity index (χ0n) is 24.1. The number of amides is 3. The van der Waals surface area contributed by atoms with Crippen LogP contribution in [0.1, 0.15) is 42.4 Å². The molecule has 3 aromatic carbocycles. The molecule has 1 fully saturated rings. The van der Waals surface area contributed by atoms with Crippen LogP contribution in [0.3, 0.4) is 0 Å². The molecule has 218 valence electrons. The second kappa shape index (κ2) is 12.1. The summed E-state index contributed by atoms with van der Waals surface area (Å²) in [5, 5.41) is 11.4. The van der Waals surface area contributed by atoms with E-state index in [9.17, 15) is 9.59 Å². The summed E-state index contributed by atoms with van der Waals surface area (Å²) in [5.74, 6) is 0.428. The minimum Gasteiger partial charge on any atom is -0.368 e. The lowest BCUT2D eigenvalue weighted by atomic mass is 9.92. The molecule has 0 atom stereocenters. The third-order valence-corrected chi connectivity index (χ3v) is 7.86. The quantitative estimate of drug-likeness (QED) is 0.249. The highest BCUT2D eigenvalue weighted by Gasteiger charge is 2.26. The molecule has 2 heterocycles. The Bertz CT molecular complexity index is 1560. The molecule has 0 unspecified atom stereocenters. The molecule has 0 saturated carbocycles. The molecule has 0 bridgehead atoms. The molecule has 1 aromatic heterocycles. The SMILES string of the molecule is Cc1ccc(-n2nc(C(C)(C)C)cc2NC(=O)Nc2ccc(N3CCN(C(=O)c4c(Cl)cccc4Cl)CC3)cc2)cc1. The zero-order valence-corrected chi connectivity index (χ0v) is 25.6. The lowest BCUT2D eigenvalue weighted by Crippen LogP contribution is -2.48. The van der Waals surface area contributed by atoms with Crippen molar-refractivity contribution in [2.75, 3.05) is 41.7 Å². The maximum absolute atomic E-state index is 13.0. The van der Waals surface area contributed by atoms with Gasteiger partial charge in [-0.25, -0.2) is 9.48 Å². The lowest BCUT2D eigenvalue weighted by Gasteiger charge is -2.36. The van der Waals surface area contributed by atoms with Gasteiger partial charge in [-0.05, 0) is 55.5 Å². The first kappa shape index (κ1) is 29.5. The van der Waals surface area contributed by atoms with Crippen molar-refractivity contribution in [1.82, 2.24) is 14.7 Å². The number of nitrogens with zero attached hydrogens (tertiary/aromatic N) is 4. The number of piperazine rings is 1. The van der Waals surface area contributed by atoms with Crippen LogP contribution in [0.4, 0.5) is 22.0 Å². The number of aryl methyl sites for hydroxylation is 1. The van der Waals surface area contributed by atoms with Gasteiger partial charge in [0, 0.05) is 49.0 Å². The van der Waals surface area contributed by atoms with Crippen molar-refractivity contribution in [2.24, 2.45) is 0 Å². The summed E-state index contributed by atoms with van der Waals surface area (Å²) < 4.78 is 1.76. The Morgan fingerprint density at radius 3 is 2.00 bits per heavy atom. The van der Waals surface area contributed by atoms with Crippen molar-refractivity contribution in [3.8, 4) is 5.69 Å². The van der Waals surface area contributed by atoms with Crippen LogP contribution in [0.2, 0.25) is 10.0 Å². The van der Waals surface area contributed by atoms with Crippen molar-refractivity contribution in [2.45, 2.75) is 33.1 Å². The fraction of sp³-hybridized carbons (Fsp3) is 0.281. The molecule has 1 saturated heterocycles. The number of hydrogen-bond donors (Lipinski definition) is 2. The number of benzene rings is 3. The standard InChI is InChI=1S/C32H34Cl2N6O2/c1-21-8-12-24(13-9-21)40-28(20-27(37-40)32(2,3)4)36-31(42)35-22-10-14-23(15-11-22)38-16-18-39(19-17-38)30(41)29-25(33)6-5-7-26(29)34/h5-15,20H,16-19H2,1-4H3,(H2,35,36,42). The first-order valence-electron chi connectivity index (χ1n) is 13.8.